The predicted molar refractivity (Wildman–Crippen MR) is 139 cm³/mol. The van der Waals surface area contributed by atoms with Crippen molar-refractivity contribution in [3.05, 3.63) is 77.4 Å². The van der Waals surface area contributed by atoms with Crippen LogP contribution < -0.4 is 10.0 Å². The van der Waals surface area contributed by atoms with Gasteiger partial charge in [-0.1, -0.05) is 11.8 Å². The molecule has 0 aromatic carbocycles. The Bertz CT molecular complexity index is 1420. The molecule has 1 amide bonds. The number of aliphatic hydroxyl groups is 1. The fraction of sp³-hybridized carbons (Fsp3) is 0.400. The van der Waals surface area contributed by atoms with E-state index >= 15 is 0 Å². The van der Waals surface area contributed by atoms with E-state index in [-0.39, 0.29) is 29.1 Å². The average Bonchev–Trinajstić information content (AvgIpc) is 3.85. The lowest BCUT2D eigenvalue weighted by Gasteiger charge is -2.34. The lowest BCUT2D eigenvalue weighted by atomic mass is 9.76. The van der Waals surface area contributed by atoms with E-state index in [0.29, 0.717) is 22.8 Å². The van der Waals surface area contributed by atoms with E-state index in [4.69, 9.17) is 9.83 Å². The second-order valence-corrected chi connectivity index (χ2v) is 10.8. The summed E-state index contributed by atoms with van der Waals surface area (Å²) in [6, 6.07) is 5.16. The molecule has 0 atom stereocenters. The number of amides is 1. The number of carbonyl (C=O) groups is 1. The first-order valence-electron chi connectivity index (χ1n) is 13.3. The topological polar surface area (TPSA) is 123 Å². The summed E-state index contributed by atoms with van der Waals surface area (Å²) in [5.41, 5.74) is 2.00. The van der Waals surface area contributed by atoms with E-state index in [0.717, 1.165) is 61.8 Å². The van der Waals surface area contributed by atoms with E-state index < -0.39 is 11.5 Å². The van der Waals surface area contributed by atoms with Crippen molar-refractivity contribution in [3.63, 3.8) is 0 Å². The minimum absolute atomic E-state index is 0.122. The lowest BCUT2D eigenvalue weighted by Crippen LogP contribution is -2.44. The molecule has 2 aromatic heterocycles. The second-order valence-electron chi connectivity index (χ2n) is 10.8. The van der Waals surface area contributed by atoms with Gasteiger partial charge in [-0.2, -0.15) is 0 Å². The summed E-state index contributed by atoms with van der Waals surface area (Å²) in [6.45, 7) is 0. The van der Waals surface area contributed by atoms with Crippen molar-refractivity contribution in [2.24, 2.45) is 11.8 Å². The van der Waals surface area contributed by atoms with Crippen molar-refractivity contribution in [1.29, 1.82) is 5.41 Å². The number of allylic oxidation sites excluding steroid dienone is 5. The Morgan fingerprint density at radius 3 is 2.66 bits per heavy atom. The van der Waals surface area contributed by atoms with Crippen LogP contribution in [0.2, 0.25) is 0 Å². The Kier molecular flexibility index (Phi) is 6.24. The largest absolute Gasteiger partial charge is 0.444 e. The molecule has 8 nitrogen and oxygen atoms in total. The maximum absolute atomic E-state index is 13.2. The van der Waals surface area contributed by atoms with Crippen LogP contribution in [0.1, 0.15) is 79.4 Å². The van der Waals surface area contributed by atoms with Crippen LogP contribution in [-0.2, 0) is 0 Å². The number of hydrogen-bond donors (Lipinski definition) is 4. The molecule has 0 spiro atoms. The van der Waals surface area contributed by atoms with Crippen molar-refractivity contribution in [2.75, 3.05) is 0 Å². The number of oxazole rings is 1. The molecule has 3 saturated carbocycles. The Hall–Kier alpha value is -3.96. The van der Waals surface area contributed by atoms with Gasteiger partial charge in [0.2, 0.25) is 11.6 Å². The molecule has 0 aliphatic heterocycles. The predicted octanol–water partition coefficient (Wildman–Crippen LogP) is 4.07. The molecule has 3 fully saturated rings. The number of nitrogens with zero attached hydrogens (tertiary/aromatic N) is 2. The molecule has 4 aliphatic carbocycles. The Labute approximate surface area is 221 Å². The molecule has 2 heterocycles. The number of carbonyl (C=O) groups excluding carboxylic acids is 1. The number of rotatable bonds is 5. The third-order valence-electron chi connectivity index (χ3n) is 8.03. The van der Waals surface area contributed by atoms with E-state index in [1.807, 2.05) is 6.07 Å². The highest BCUT2D eigenvalue weighted by atomic mass is 16.5. The zero-order valence-corrected chi connectivity index (χ0v) is 21.1. The summed E-state index contributed by atoms with van der Waals surface area (Å²) in [6.07, 6.45) is 15.5. The minimum atomic E-state index is -0.496. The third-order valence-corrected chi connectivity index (χ3v) is 8.03. The summed E-state index contributed by atoms with van der Waals surface area (Å²) in [5, 5.41) is 32.9. The van der Waals surface area contributed by atoms with Crippen molar-refractivity contribution in [2.45, 2.75) is 62.9 Å². The van der Waals surface area contributed by atoms with Gasteiger partial charge in [-0.05, 0) is 81.6 Å². The molecule has 0 radical (unpaired) electrons. The van der Waals surface area contributed by atoms with E-state index in [2.05, 4.69) is 22.1 Å². The SMILES string of the molecule is N=C1C=C(c2ncco2)C(NC(=O)c2cccc(C3CC3)[n+]2O)=C/C1=C/C#CC1CCC(O)(C2CC2)CC1. The first kappa shape index (κ1) is 24.4. The van der Waals surface area contributed by atoms with Crippen molar-refractivity contribution in [1.82, 2.24) is 10.3 Å². The second kappa shape index (κ2) is 9.73. The maximum atomic E-state index is 13.2. The summed E-state index contributed by atoms with van der Waals surface area (Å²) in [7, 11) is 0. The summed E-state index contributed by atoms with van der Waals surface area (Å²) < 4.78 is 6.43. The van der Waals surface area contributed by atoms with Crippen molar-refractivity contribution < 1.29 is 24.3 Å². The highest BCUT2D eigenvalue weighted by Crippen LogP contribution is 2.48. The number of pyridine rings is 1. The van der Waals surface area contributed by atoms with E-state index in [9.17, 15) is 15.1 Å². The Morgan fingerprint density at radius 2 is 1.97 bits per heavy atom. The Morgan fingerprint density at radius 1 is 1.18 bits per heavy atom. The number of nitrogens with one attached hydrogen (secondary N) is 2. The molecule has 194 valence electrons. The smallest absolute Gasteiger partial charge is 0.325 e. The molecule has 0 bridgehead atoms. The molecule has 8 heteroatoms. The van der Waals surface area contributed by atoms with Crippen LogP contribution in [0.3, 0.4) is 0 Å². The molecule has 2 aromatic rings. The molecule has 4 N–H and O–H groups in total. The van der Waals surface area contributed by atoms with Gasteiger partial charge in [-0.25, -0.2) is 4.98 Å². The van der Waals surface area contributed by atoms with Crippen LogP contribution in [-0.4, -0.2) is 32.5 Å². The number of hydrogen-bond acceptors (Lipinski definition) is 6. The van der Waals surface area contributed by atoms with Gasteiger partial charge in [0.25, 0.3) is 0 Å². The van der Waals surface area contributed by atoms with Crippen LogP contribution >= 0.6 is 0 Å². The van der Waals surface area contributed by atoms with Crippen LogP contribution in [0.4, 0.5) is 0 Å². The molecule has 4 aliphatic rings. The lowest BCUT2D eigenvalue weighted by molar-refractivity contribution is -0.910. The first-order chi connectivity index (χ1) is 18.4. The summed E-state index contributed by atoms with van der Waals surface area (Å²) in [4.78, 5) is 17.4. The zero-order valence-electron chi connectivity index (χ0n) is 21.1. The van der Waals surface area contributed by atoms with E-state index in [1.54, 1.807) is 30.4 Å². The van der Waals surface area contributed by atoms with Gasteiger partial charge < -0.3 is 20.2 Å². The van der Waals surface area contributed by atoms with Crippen molar-refractivity contribution >= 4 is 17.2 Å². The van der Waals surface area contributed by atoms with Gasteiger partial charge in [0.15, 0.2) is 0 Å². The monoisotopic (exact) mass is 511 g/mol. The van der Waals surface area contributed by atoms with Crippen LogP contribution in [0.15, 0.2) is 64.6 Å². The number of aromatic nitrogens is 2. The normalized spacial score (nSPS) is 26.3. The highest BCUT2D eigenvalue weighted by molar-refractivity contribution is 6.16. The van der Waals surface area contributed by atoms with Gasteiger partial charge in [-0.15, -0.1) is 0 Å². The average molecular weight is 512 g/mol. The maximum Gasteiger partial charge on any atom is 0.325 e. The van der Waals surface area contributed by atoms with Gasteiger partial charge in [-0.3, -0.25) is 10.0 Å². The third kappa shape index (κ3) is 4.94. The first-order valence-corrected chi connectivity index (χ1v) is 13.3. The molecule has 0 unspecified atom stereocenters. The quantitative estimate of drug-likeness (QED) is 0.274. The minimum Gasteiger partial charge on any atom is -0.444 e. The fourth-order valence-electron chi connectivity index (χ4n) is 5.47. The molecule has 0 saturated heterocycles. The molecular formula is C30H31N4O4+. The van der Waals surface area contributed by atoms with Gasteiger partial charge in [0.05, 0.1) is 28.8 Å². The van der Waals surface area contributed by atoms with Crippen LogP contribution in [0.5, 0.6) is 0 Å². The van der Waals surface area contributed by atoms with Crippen LogP contribution in [0.25, 0.3) is 5.57 Å². The van der Waals surface area contributed by atoms with Crippen LogP contribution in [0, 0.1) is 29.1 Å². The van der Waals surface area contributed by atoms with Crippen molar-refractivity contribution in [3.8, 4) is 11.8 Å². The summed E-state index contributed by atoms with van der Waals surface area (Å²) in [5.74, 6) is 7.17. The molecule has 6 rings (SSSR count). The van der Waals surface area contributed by atoms with Gasteiger partial charge in [0.1, 0.15) is 6.26 Å². The molecular weight excluding hydrogens is 480 g/mol. The van der Waals surface area contributed by atoms with Gasteiger partial charge in [0, 0.05) is 34.3 Å². The highest BCUT2D eigenvalue weighted by Gasteiger charge is 2.45. The molecule has 38 heavy (non-hydrogen) atoms. The van der Waals surface area contributed by atoms with E-state index in [1.165, 1.54) is 12.5 Å². The fourth-order valence-corrected chi connectivity index (χ4v) is 5.47. The Balaban J connectivity index is 1.23. The standard InChI is InChI=1S/C30H30N4O4/c31-24-18-23(29-32-15-16-38-29)25(33-28(35)27-6-2-5-26(34(27)37)20-7-8-20)17-21(24)4-1-3-19-11-13-30(36,14-12-19)22-9-10-22/h2,4-6,15-20,22,31,36H,7-14H2,(H-,33,35,37)/p+1/b21-4-,31-24?. The van der Waals surface area contributed by atoms with Gasteiger partial charge >= 0.3 is 11.6 Å². The zero-order chi connectivity index (χ0) is 26.3. The summed E-state index contributed by atoms with van der Waals surface area (Å²) >= 11 is 0.